The van der Waals surface area contributed by atoms with Crippen LogP contribution in [0.3, 0.4) is 0 Å². The second-order valence-electron chi connectivity index (χ2n) is 4.86. The van der Waals surface area contributed by atoms with Crippen LogP contribution in [0, 0.1) is 6.92 Å². The molecule has 1 aromatic heterocycles. The molecule has 1 N–H and O–H groups in total. The molecule has 0 radical (unpaired) electrons. The van der Waals surface area contributed by atoms with Crippen LogP contribution in [0.25, 0.3) is 0 Å². The fourth-order valence-electron chi connectivity index (χ4n) is 2.43. The van der Waals surface area contributed by atoms with E-state index in [1.54, 1.807) is 0 Å². The molecule has 0 aliphatic heterocycles. The molecule has 3 nitrogen and oxygen atoms in total. The molecule has 0 spiro atoms. The molecule has 0 aromatic carbocycles. The molecule has 0 amide bonds. The molecule has 1 rings (SSSR count). The van der Waals surface area contributed by atoms with Gasteiger partial charge in [-0.2, -0.15) is 5.10 Å². The Morgan fingerprint density at radius 3 is 2.17 bits per heavy atom. The molecular weight excluding hydrogens is 290 g/mol. The van der Waals surface area contributed by atoms with Gasteiger partial charge in [-0.1, -0.05) is 20.8 Å². The standard InChI is InChI=1S/C14H26BrN3/c1-6-14(7-2,8-3)16-10-12-13(15)11(5)17-18(12)9-4/h16H,6-10H2,1-5H3. The quantitative estimate of drug-likeness (QED) is 0.823. The second-order valence-corrected chi connectivity index (χ2v) is 5.65. The summed E-state index contributed by atoms with van der Waals surface area (Å²) in [6.07, 6.45) is 3.49. The van der Waals surface area contributed by atoms with Gasteiger partial charge in [0.05, 0.1) is 15.9 Å². The van der Waals surface area contributed by atoms with E-state index in [0.29, 0.717) is 0 Å². The first-order valence-electron chi connectivity index (χ1n) is 7.00. The lowest BCUT2D eigenvalue weighted by Crippen LogP contribution is -2.43. The van der Waals surface area contributed by atoms with Crippen LogP contribution in [-0.4, -0.2) is 15.3 Å². The molecule has 0 bridgehead atoms. The molecule has 18 heavy (non-hydrogen) atoms. The predicted molar refractivity (Wildman–Crippen MR) is 80.8 cm³/mol. The van der Waals surface area contributed by atoms with Crippen molar-refractivity contribution >= 4 is 15.9 Å². The Bertz CT molecular complexity index is 372. The zero-order valence-corrected chi connectivity index (χ0v) is 13.9. The molecule has 104 valence electrons. The second kappa shape index (κ2) is 6.71. The average Bonchev–Trinajstić information content (AvgIpc) is 2.68. The van der Waals surface area contributed by atoms with Crippen molar-refractivity contribution in [3.05, 3.63) is 15.9 Å². The summed E-state index contributed by atoms with van der Waals surface area (Å²) in [6.45, 7) is 12.8. The van der Waals surface area contributed by atoms with Gasteiger partial charge in [-0.15, -0.1) is 0 Å². The smallest absolute Gasteiger partial charge is 0.0739 e. The van der Waals surface area contributed by atoms with Gasteiger partial charge >= 0.3 is 0 Å². The minimum Gasteiger partial charge on any atom is -0.306 e. The van der Waals surface area contributed by atoms with E-state index < -0.39 is 0 Å². The first kappa shape index (κ1) is 15.7. The summed E-state index contributed by atoms with van der Waals surface area (Å²) in [4.78, 5) is 0. The van der Waals surface area contributed by atoms with Crippen LogP contribution in [0.4, 0.5) is 0 Å². The van der Waals surface area contributed by atoms with Crippen LogP contribution < -0.4 is 5.32 Å². The molecule has 0 saturated heterocycles. The third-order valence-electron chi connectivity index (χ3n) is 4.11. The highest BCUT2D eigenvalue weighted by atomic mass is 79.9. The van der Waals surface area contributed by atoms with Crippen LogP contribution in [-0.2, 0) is 13.1 Å². The van der Waals surface area contributed by atoms with Crippen molar-refractivity contribution in [1.82, 2.24) is 15.1 Å². The molecule has 1 aromatic rings. The summed E-state index contributed by atoms with van der Waals surface area (Å²) in [5.74, 6) is 0. The Morgan fingerprint density at radius 1 is 1.17 bits per heavy atom. The topological polar surface area (TPSA) is 29.9 Å². The van der Waals surface area contributed by atoms with E-state index >= 15 is 0 Å². The van der Waals surface area contributed by atoms with Gasteiger partial charge < -0.3 is 5.32 Å². The lowest BCUT2D eigenvalue weighted by molar-refractivity contribution is 0.284. The minimum atomic E-state index is 0.260. The number of nitrogens with one attached hydrogen (secondary N) is 1. The molecule has 0 atom stereocenters. The monoisotopic (exact) mass is 315 g/mol. The van der Waals surface area contributed by atoms with Gasteiger partial charge in [-0.25, -0.2) is 0 Å². The van der Waals surface area contributed by atoms with E-state index in [1.807, 2.05) is 6.92 Å². The van der Waals surface area contributed by atoms with Crippen molar-refractivity contribution in [1.29, 1.82) is 0 Å². The molecule has 0 aliphatic rings. The summed E-state index contributed by atoms with van der Waals surface area (Å²) >= 11 is 3.65. The molecule has 0 unspecified atom stereocenters. The van der Waals surface area contributed by atoms with Crippen molar-refractivity contribution in [3.8, 4) is 0 Å². The maximum Gasteiger partial charge on any atom is 0.0739 e. The normalized spacial score (nSPS) is 12.1. The summed E-state index contributed by atoms with van der Waals surface area (Å²) in [7, 11) is 0. The third-order valence-corrected chi connectivity index (χ3v) is 5.15. The molecule has 0 saturated carbocycles. The maximum absolute atomic E-state index is 4.54. The van der Waals surface area contributed by atoms with Crippen LogP contribution in [0.15, 0.2) is 4.47 Å². The number of rotatable bonds is 7. The number of hydrogen-bond donors (Lipinski definition) is 1. The molecule has 1 heterocycles. The van der Waals surface area contributed by atoms with Crippen LogP contribution in [0.5, 0.6) is 0 Å². The largest absolute Gasteiger partial charge is 0.306 e. The average molecular weight is 316 g/mol. The van der Waals surface area contributed by atoms with Crippen molar-refractivity contribution in [2.45, 2.75) is 72.5 Å². The van der Waals surface area contributed by atoms with E-state index in [4.69, 9.17) is 0 Å². The highest BCUT2D eigenvalue weighted by Gasteiger charge is 2.24. The first-order valence-corrected chi connectivity index (χ1v) is 7.79. The summed E-state index contributed by atoms with van der Waals surface area (Å²) in [5.41, 5.74) is 2.59. The molecule has 4 heteroatoms. The van der Waals surface area contributed by atoms with Gasteiger partial charge in [-0.05, 0) is 49.0 Å². The van der Waals surface area contributed by atoms with Gasteiger partial charge in [0, 0.05) is 18.6 Å². The number of nitrogens with zero attached hydrogens (tertiary/aromatic N) is 2. The van der Waals surface area contributed by atoms with Gasteiger partial charge in [0.1, 0.15) is 0 Å². The van der Waals surface area contributed by atoms with Crippen molar-refractivity contribution < 1.29 is 0 Å². The van der Waals surface area contributed by atoms with Crippen molar-refractivity contribution in [2.24, 2.45) is 0 Å². The maximum atomic E-state index is 4.54. The van der Waals surface area contributed by atoms with Crippen LogP contribution in [0.2, 0.25) is 0 Å². The fraction of sp³-hybridized carbons (Fsp3) is 0.786. The van der Waals surface area contributed by atoms with Gasteiger partial charge in [0.15, 0.2) is 0 Å². The van der Waals surface area contributed by atoms with Crippen LogP contribution >= 0.6 is 15.9 Å². The zero-order chi connectivity index (χ0) is 13.8. The Kier molecular flexibility index (Phi) is 5.86. The summed E-state index contributed by atoms with van der Waals surface area (Å²) in [5, 5.41) is 8.27. The summed E-state index contributed by atoms with van der Waals surface area (Å²) < 4.78 is 3.23. The van der Waals surface area contributed by atoms with Crippen molar-refractivity contribution in [3.63, 3.8) is 0 Å². The van der Waals surface area contributed by atoms with Crippen molar-refractivity contribution in [2.75, 3.05) is 0 Å². The van der Waals surface area contributed by atoms with E-state index in [2.05, 4.69) is 58.7 Å². The Morgan fingerprint density at radius 2 is 1.72 bits per heavy atom. The highest BCUT2D eigenvalue weighted by Crippen LogP contribution is 2.24. The fourth-order valence-corrected chi connectivity index (χ4v) is 2.86. The van der Waals surface area contributed by atoms with E-state index in [1.165, 1.54) is 5.69 Å². The highest BCUT2D eigenvalue weighted by molar-refractivity contribution is 9.10. The Hall–Kier alpha value is -0.350. The molecular formula is C14H26BrN3. The number of hydrogen-bond acceptors (Lipinski definition) is 2. The number of aromatic nitrogens is 2. The first-order chi connectivity index (χ1) is 8.53. The Labute approximate surface area is 119 Å². The minimum absolute atomic E-state index is 0.260. The van der Waals surface area contributed by atoms with Crippen LogP contribution in [0.1, 0.15) is 58.3 Å². The third kappa shape index (κ3) is 3.15. The van der Waals surface area contributed by atoms with Gasteiger partial charge in [-0.3, -0.25) is 4.68 Å². The predicted octanol–water partition coefficient (Wildman–Crippen LogP) is 4.03. The van der Waals surface area contributed by atoms with E-state index in [0.717, 1.165) is 42.5 Å². The lowest BCUT2D eigenvalue weighted by atomic mass is 9.90. The number of aryl methyl sites for hydroxylation is 2. The SMILES string of the molecule is CCn1nc(C)c(Br)c1CNC(CC)(CC)CC. The molecule has 0 aliphatic carbocycles. The lowest BCUT2D eigenvalue weighted by Gasteiger charge is -2.32. The van der Waals surface area contributed by atoms with Gasteiger partial charge in [0.25, 0.3) is 0 Å². The summed E-state index contributed by atoms with van der Waals surface area (Å²) in [6, 6.07) is 0. The Balaban J connectivity index is 2.85. The van der Waals surface area contributed by atoms with Gasteiger partial charge in [0.2, 0.25) is 0 Å². The zero-order valence-electron chi connectivity index (χ0n) is 12.3. The molecule has 0 fully saturated rings. The van der Waals surface area contributed by atoms with E-state index in [-0.39, 0.29) is 5.54 Å². The van der Waals surface area contributed by atoms with E-state index in [9.17, 15) is 0 Å². The number of halogens is 1.